The number of nitrogens with two attached hydrogens (primary N) is 1. The van der Waals surface area contributed by atoms with Crippen molar-refractivity contribution in [3.63, 3.8) is 0 Å². The highest BCUT2D eigenvalue weighted by Gasteiger charge is 2.22. The molecule has 0 radical (unpaired) electrons. The van der Waals surface area contributed by atoms with Crippen LogP contribution in [0.15, 0.2) is 30.5 Å². The van der Waals surface area contributed by atoms with Crippen molar-refractivity contribution in [2.45, 2.75) is 25.8 Å². The molecule has 0 bridgehead atoms. The van der Waals surface area contributed by atoms with Gasteiger partial charge in [0.15, 0.2) is 11.5 Å². The predicted molar refractivity (Wildman–Crippen MR) is 98.2 cm³/mol. The number of carbonyl (C=O) groups is 1. The van der Waals surface area contributed by atoms with E-state index in [9.17, 15) is 10.1 Å². The largest absolute Gasteiger partial charge is 0.464 e. The van der Waals surface area contributed by atoms with Gasteiger partial charge in [-0.3, -0.25) is 0 Å². The summed E-state index contributed by atoms with van der Waals surface area (Å²) in [7, 11) is 1.28. The lowest BCUT2D eigenvalue weighted by atomic mass is 10.1. The van der Waals surface area contributed by atoms with Crippen LogP contribution < -0.4 is 5.73 Å². The van der Waals surface area contributed by atoms with E-state index in [1.165, 1.54) is 13.3 Å². The molecule has 0 aliphatic carbocycles. The molecule has 136 valence electrons. The highest BCUT2D eigenvalue weighted by atomic mass is 16.5. The number of aryl methyl sites for hydroxylation is 1. The summed E-state index contributed by atoms with van der Waals surface area (Å²) in [4.78, 5) is 12.1. The maximum absolute atomic E-state index is 12.1. The molecule has 0 amide bonds. The van der Waals surface area contributed by atoms with E-state index in [-0.39, 0.29) is 16.9 Å². The number of fused-ring (bicyclic) bond motifs is 1. The van der Waals surface area contributed by atoms with Crippen molar-refractivity contribution in [1.82, 2.24) is 19.3 Å². The molecule has 0 fully saturated rings. The monoisotopic (exact) mass is 362 g/mol. The molecule has 3 aromatic rings. The van der Waals surface area contributed by atoms with Gasteiger partial charge in [0, 0.05) is 30.4 Å². The first-order valence-electron chi connectivity index (χ1n) is 8.66. The number of anilines is 1. The van der Waals surface area contributed by atoms with Crippen LogP contribution in [0.3, 0.4) is 0 Å². The van der Waals surface area contributed by atoms with E-state index in [2.05, 4.69) is 14.8 Å². The second kappa shape index (κ2) is 6.61. The number of nitrogen functional groups attached to an aromatic ring is 1. The molecule has 0 saturated carbocycles. The van der Waals surface area contributed by atoms with Crippen LogP contribution in [0, 0.1) is 11.3 Å². The zero-order valence-corrected chi connectivity index (χ0v) is 14.8. The second-order valence-electron chi connectivity index (χ2n) is 6.37. The molecule has 2 N–H and O–H groups in total. The van der Waals surface area contributed by atoms with Crippen LogP contribution in [0.1, 0.15) is 34.7 Å². The molecule has 3 heterocycles. The van der Waals surface area contributed by atoms with Crippen LogP contribution in [0.5, 0.6) is 0 Å². The van der Waals surface area contributed by atoms with Crippen molar-refractivity contribution in [2.24, 2.45) is 0 Å². The minimum Gasteiger partial charge on any atom is -0.464 e. The summed E-state index contributed by atoms with van der Waals surface area (Å²) in [6.07, 6.45) is 4.75. The number of nitrogens with zero attached hydrogens (tertiary/aromatic N) is 5. The zero-order valence-electron chi connectivity index (χ0n) is 14.8. The zero-order chi connectivity index (χ0) is 19.0. The smallest absolute Gasteiger partial charge is 0.357 e. The van der Waals surface area contributed by atoms with Crippen LogP contribution in [-0.4, -0.2) is 32.4 Å². The Morgan fingerprint density at radius 3 is 2.74 bits per heavy atom. The van der Waals surface area contributed by atoms with E-state index >= 15 is 0 Å². The normalized spacial score (nSPS) is 13.0. The summed E-state index contributed by atoms with van der Waals surface area (Å²) in [6.45, 7) is 0.922. The second-order valence-corrected chi connectivity index (χ2v) is 6.37. The standard InChI is InChI=1S/C19H18N6O2/c1-27-19(26)17-16(21)13(10-20)11-25(17)14-7-5-12(6-8-14)18-23-22-15-4-2-3-9-24(15)18/h5-8,11H,2-4,9,21H2,1H3. The molecule has 8 heteroatoms. The van der Waals surface area contributed by atoms with E-state index in [0.717, 1.165) is 43.0 Å². The van der Waals surface area contributed by atoms with Crippen molar-refractivity contribution in [3.05, 3.63) is 47.5 Å². The quantitative estimate of drug-likeness (QED) is 0.716. The van der Waals surface area contributed by atoms with Gasteiger partial charge in [-0.25, -0.2) is 4.79 Å². The molecule has 1 aliphatic rings. The maximum atomic E-state index is 12.1. The van der Waals surface area contributed by atoms with Gasteiger partial charge >= 0.3 is 5.97 Å². The van der Waals surface area contributed by atoms with E-state index in [0.29, 0.717) is 5.69 Å². The molecular weight excluding hydrogens is 344 g/mol. The number of ether oxygens (including phenoxy) is 1. The van der Waals surface area contributed by atoms with Crippen LogP contribution in [0.4, 0.5) is 5.69 Å². The SMILES string of the molecule is COC(=O)c1c(N)c(C#N)cn1-c1ccc(-c2nnc3n2CCCC3)cc1. The van der Waals surface area contributed by atoms with E-state index in [1.54, 1.807) is 4.57 Å². The number of nitriles is 1. The van der Waals surface area contributed by atoms with Crippen LogP contribution in [0.2, 0.25) is 0 Å². The minimum absolute atomic E-state index is 0.111. The first-order valence-corrected chi connectivity index (χ1v) is 8.66. The van der Waals surface area contributed by atoms with E-state index in [4.69, 9.17) is 10.5 Å². The molecule has 0 atom stereocenters. The van der Waals surface area contributed by atoms with Gasteiger partial charge in [0.05, 0.1) is 18.4 Å². The fourth-order valence-electron chi connectivity index (χ4n) is 3.41. The Bertz CT molecular complexity index is 1060. The Morgan fingerprint density at radius 1 is 1.26 bits per heavy atom. The van der Waals surface area contributed by atoms with Crippen LogP contribution in [0.25, 0.3) is 17.1 Å². The van der Waals surface area contributed by atoms with Crippen molar-refractivity contribution >= 4 is 11.7 Å². The summed E-state index contributed by atoms with van der Waals surface area (Å²) >= 11 is 0. The third-order valence-electron chi connectivity index (χ3n) is 4.81. The minimum atomic E-state index is -0.593. The molecule has 4 rings (SSSR count). The highest BCUT2D eigenvalue weighted by Crippen LogP contribution is 2.27. The maximum Gasteiger partial charge on any atom is 0.357 e. The molecule has 8 nitrogen and oxygen atoms in total. The first-order chi connectivity index (χ1) is 13.1. The number of esters is 1. The molecular formula is C19H18N6O2. The van der Waals surface area contributed by atoms with E-state index < -0.39 is 5.97 Å². The van der Waals surface area contributed by atoms with Crippen LogP contribution in [-0.2, 0) is 17.7 Å². The third kappa shape index (κ3) is 2.73. The molecule has 1 aliphatic heterocycles. The van der Waals surface area contributed by atoms with E-state index in [1.807, 2.05) is 30.3 Å². The number of rotatable bonds is 3. The summed E-state index contributed by atoms with van der Waals surface area (Å²) in [5.41, 5.74) is 8.07. The van der Waals surface area contributed by atoms with Gasteiger partial charge in [0.25, 0.3) is 0 Å². The lowest BCUT2D eigenvalue weighted by molar-refractivity contribution is 0.0593. The number of aromatic nitrogens is 4. The topological polar surface area (TPSA) is 112 Å². The molecule has 1 aromatic carbocycles. The molecule has 0 saturated heterocycles. The third-order valence-corrected chi connectivity index (χ3v) is 4.81. The Morgan fingerprint density at radius 2 is 2.04 bits per heavy atom. The van der Waals surface area contributed by atoms with Crippen molar-refractivity contribution in [1.29, 1.82) is 5.26 Å². The van der Waals surface area contributed by atoms with Crippen molar-refractivity contribution in [3.8, 4) is 23.1 Å². The van der Waals surface area contributed by atoms with Gasteiger partial charge in [-0.05, 0) is 37.1 Å². The first kappa shape index (κ1) is 16.8. The lowest BCUT2D eigenvalue weighted by Gasteiger charge is -2.15. The summed E-state index contributed by atoms with van der Waals surface area (Å²) in [5.74, 6) is 1.27. The van der Waals surface area contributed by atoms with Gasteiger partial charge in [-0.15, -0.1) is 10.2 Å². The molecule has 2 aromatic heterocycles. The van der Waals surface area contributed by atoms with Gasteiger partial charge in [0.2, 0.25) is 0 Å². The Kier molecular flexibility index (Phi) is 4.12. The Balaban J connectivity index is 1.75. The average Bonchev–Trinajstić information content (AvgIpc) is 3.28. The number of carbonyl (C=O) groups excluding carboxylic acids is 1. The number of hydrogen-bond acceptors (Lipinski definition) is 6. The van der Waals surface area contributed by atoms with Crippen LogP contribution >= 0.6 is 0 Å². The Labute approximate surface area is 155 Å². The summed E-state index contributed by atoms with van der Waals surface area (Å²) in [5, 5.41) is 17.8. The van der Waals surface area contributed by atoms with Gasteiger partial charge in [-0.1, -0.05) is 0 Å². The average molecular weight is 362 g/mol. The summed E-state index contributed by atoms with van der Waals surface area (Å²) in [6, 6.07) is 9.55. The number of benzene rings is 1. The molecule has 0 spiro atoms. The summed E-state index contributed by atoms with van der Waals surface area (Å²) < 4.78 is 8.54. The van der Waals surface area contributed by atoms with Gasteiger partial charge in [-0.2, -0.15) is 5.26 Å². The number of hydrogen-bond donors (Lipinski definition) is 1. The van der Waals surface area contributed by atoms with Crippen molar-refractivity contribution < 1.29 is 9.53 Å². The predicted octanol–water partition coefficient (Wildman–Crippen LogP) is 2.31. The highest BCUT2D eigenvalue weighted by molar-refractivity contribution is 5.96. The Hall–Kier alpha value is -3.60. The van der Waals surface area contributed by atoms with Crippen molar-refractivity contribution in [2.75, 3.05) is 12.8 Å². The van der Waals surface area contributed by atoms with Gasteiger partial charge in [0.1, 0.15) is 11.9 Å². The fraction of sp³-hybridized carbons (Fsp3) is 0.263. The number of methoxy groups -OCH3 is 1. The molecule has 27 heavy (non-hydrogen) atoms. The van der Waals surface area contributed by atoms with Gasteiger partial charge < -0.3 is 19.6 Å². The molecule has 0 unspecified atom stereocenters. The fourth-order valence-corrected chi connectivity index (χ4v) is 3.41. The lowest BCUT2D eigenvalue weighted by Crippen LogP contribution is -2.12.